The van der Waals surface area contributed by atoms with Gasteiger partial charge in [0.05, 0.1) is 25.9 Å². The predicted molar refractivity (Wildman–Crippen MR) is 137 cm³/mol. The molecular formula is C25H31Cl2N3S. The van der Waals surface area contributed by atoms with Gasteiger partial charge < -0.3 is 10.2 Å². The predicted octanol–water partition coefficient (Wildman–Crippen LogP) is 6.95. The minimum atomic E-state index is 0. The minimum Gasteiger partial charge on any atom is -0.343 e. The van der Waals surface area contributed by atoms with Crippen molar-refractivity contribution in [2.45, 2.75) is 51.4 Å². The van der Waals surface area contributed by atoms with Gasteiger partial charge in [0.15, 0.2) is 0 Å². The topological polar surface area (TPSA) is 28.2 Å². The summed E-state index contributed by atoms with van der Waals surface area (Å²) in [4.78, 5) is 7.22. The van der Waals surface area contributed by atoms with Gasteiger partial charge in [0.2, 0.25) is 0 Å². The van der Waals surface area contributed by atoms with Crippen molar-refractivity contribution in [2.24, 2.45) is 5.92 Å². The molecule has 0 atom stereocenters. The molecule has 6 heteroatoms. The molecule has 1 aromatic heterocycles. The van der Waals surface area contributed by atoms with Gasteiger partial charge in [0.25, 0.3) is 0 Å². The summed E-state index contributed by atoms with van der Waals surface area (Å²) in [7, 11) is 2.14. The Morgan fingerprint density at radius 3 is 2.74 bits per heavy atom. The summed E-state index contributed by atoms with van der Waals surface area (Å²) in [5.74, 6) is 0.827. The van der Waals surface area contributed by atoms with Gasteiger partial charge in [-0.3, -0.25) is 0 Å². The van der Waals surface area contributed by atoms with Gasteiger partial charge >= 0.3 is 0 Å². The van der Waals surface area contributed by atoms with E-state index < -0.39 is 0 Å². The first-order chi connectivity index (χ1) is 14.7. The van der Waals surface area contributed by atoms with E-state index in [0.717, 1.165) is 54.5 Å². The van der Waals surface area contributed by atoms with Gasteiger partial charge in [-0.15, -0.1) is 23.7 Å². The number of thiazole rings is 1. The zero-order valence-corrected chi connectivity index (χ0v) is 20.5. The van der Waals surface area contributed by atoms with Crippen molar-refractivity contribution >= 4 is 56.9 Å². The number of nitrogens with zero attached hydrogens (tertiary/aromatic N) is 2. The molecule has 1 saturated carbocycles. The fraction of sp³-hybridized carbons (Fsp3) is 0.480. The Morgan fingerprint density at radius 1 is 1.10 bits per heavy atom. The van der Waals surface area contributed by atoms with Gasteiger partial charge in [0.1, 0.15) is 0 Å². The maximum absolute atomic E-state index is 6.72. The van der Waals surface area contributed by atoms with Crippen LogP contribution < -0.4 is 10.2 Å². The molecular weight excluding hydrogens is 445 g/mol. The summed E-state index contributed by atoms with van der Waals surface area (Å²) < 4.78 is 1.28. The van der Waals surface area contributed by atoms with Crippen LogP contribution in [0.3, 0.4) is 0 Å². The van der Waals surface area contributed by atoms with Crippen LogP contribution in [0.5, 0.6) is 0 Å². The molecule has 2 aromatic carbocycles. The van der Waals surface area contributed by atoms with Gasteiger partial charge in [-0.05, 0) is 67.2 Å². The highest BCUT2D eigenvalue weighted by molar-refractivity contribution is 7.18. The Kier molecular flexibility index (Phi) is 7.43. The van der Waals surface area contributed by atoms with E-state index in [2.05, 4.69) is 47.6 Å². The first-order valence-corrected chi connectivity index (χ1v) is 12.5. The standard InChI is InChI=1S/C25H30ClN3S.ClH/c1-29(25-20-12-14-27-13-11-18(20)7-9-21(25)26)19-8-10-22-23(16-19)30-24(28-22)15-17-5-3-2-4-6-17;/h7-10,16-17,27H,2-6,11-15H2,1H3;1H. The number of nitrogens with one attached hydrogen (secondary N) is 1. The normalized spacial score (nSPS) is 17.1. The highest BCUT2D eigenvalue weighted by atomic mass is 35.5. The van der Waals surface area contributed by atoms with Gasteiger partial charge in [-0.1, -0.05) is 49.8 Å². The van der Waals surface area contributed by atoms with E-state index in [4.69, 9.17) is 16.6 Å². The van der Waals surface area contributed by atoms with Crippen LogP contribution in [0.2, 0.25) is 5.02 Å². The van der Waals surface area contributed by atoms with Crippen LogP contribution in [-0.4, -0.2) is 25.1 Å². The van der Waals surface area contributed by atoms with Crippen LogP contribution in [0.4, 0.5) is 11.4 Å². The molecule has 1 aliphatic carbocycles. The molecule has 0 unspecified atom stereocenters. The van der Waals surface area contributed by atoms with Crippen LogP contribution in [-0.2, 0) is 19.3 Å². The average molecular weight is 477 g/mol. The summed E-state index contributed by atoms with van der Waals surface area (Å²) in [6, 6.07) is 10.9. The lowest BCUT2D eigenvalue weighted by Gasteiger charge is -2.25. The number of benzene rings is 2. The minimum absolute atomic E-state index is 0. The summed E-state index contributed by atoms with van der Waals surface area (Å²) in [5.41, 5.74) is 6.27. The van der Waals surface area contributed by atoms with Crippen molar-refractivity contribution < 1.29 is 0 Å². The van der Waals surface area contributed by atoms with Crippen LogP contribution in [0.15, 0.2) is 30.3 Å². The summed E-state index contributed by atoms with van der Waals surface area (Å²) in [5, 5.41) is 5.65. The van der Waals surface area contributed by atoms with Gasteiger partial charge in [0, 0.05) is 19.2 Å². The number of halogens is 2. The quantitative estimate of drug-likeness (QED) is 0.442. The highest BCUT2D eigenvalue weighted by Crippen LogP contribution is 2.39. The second-order valence-electron chi connectivity index (χ2n) is 8.81. The third-order valence-electron chi connectivity index (χ3n) is 6.78. The van der Waals surface area contributed by atoms with Crippen molar-refractivity contribution in [3.8, 4) is 0 Å². The van der Waals surface area contributed by atoms with E-state index >= 15 is 0 Å². The second kappa shape index (κ2) is 10.1. The summed E-state index contributed by atoms with van der Waals surface area (Å²) >= 11 is 8.59. The molecule has 166 valence electrons. The van der Waals surface area contributed by atoms with Crippen molar-refractivity contribution in [2.75, 3.05) is 25.0 Å². The first kappa shape index (κ1) is 22.8. The first-order valence-electron chi connectivity index (χ1n) is 11.3. The number of rotatable bonds is 4. The average Bonchev–Trinajstić information content (AvgIpc) is 3.00. The van der Waals surface area contributed by atoms with Crippen molar-refractivity contribution in [3.63, 3.8) is 0 Å². The largest absolute Gasteiger partial charge is 0.343 e. The highest BCUT2D eigenvalue weighted by Gasteiger charge is 2.20. The Morgan fingerprint density at radius 2 is 1.90 bits per heavy atom. The monoisotopic (exact) mass is 475 g/mol. The molecule has 0 amide bonds. The fourth-order valence-corrected chi connectivity index (χ4v) is 6.53. The molecule has 5 rings (SSSR count). The Hall–Kier alpha value is -1.33. The lowest BCUT2D eigenvalue weighted by molar-refractivity contribution is 0.356. The van der Waals surface area contributed by atoms with E-state index in [0.29, 0.717) is 0 Å². The molecule has 0 spiro atoms. The molecule has 2 heterocycles. The lowest BCUT2D eigenvalue weighted by Crippen LogP contribution is -2.17. The molecule has 0 saturated heterocycles. The smallest absolute Gasteiger partial charge is 0.0941 e. The van der Waals surface area contributed by atoms with Crippen LogP contribution in [0, 0.1) is 5.92 Å². The van der Waals surface area contributed by atoms with Crippen LogP contribution >= 0.6 is 35.3 Å². The fourth-order valence-electron chi connectivity index (χ4n) is 5.11. The molecule has 3 nitrogen and oxygen atoms in total. The van der Waals surface area contributed by atoms with Gasteiger partial charge in [-0.25, -0.2) is 4.98 Å². The molecule has 1 aliphatic heterocycles. The van der Waals surface area contributed by atoms with Crippen molar-refractivity contribution in [1.29, 1.82) is 0 Å². The Labute approximate surface area is 200 Å². The molecule has 1 N–H and O–H groups in total. The van der Waals surface area contributed by atoms with Crippen molar-refractivity contribution in [3.05, 3.63) is 51.5 Å². The van der Waals surface area contributed by atoms with Crippen LogP contribution in [0.25, 0.3) is 10.2 Å². The van der Waals surface area contributed by atoms with E-state index in [-0.39, 0.29) is 12.4 Å². The van der Waals surface area contributed by atoms with Crippen LogP contribution in [0.1, 0.15) is 48.2 Å². The molecule has 0 bridgehead atoms. The zero-order chi connectivity index (χ0) is 20.5. The SMILES string of the molecule is CN(c1ccc2nc(CC3CCCCC3)sc2c1)c1c(Cl)ccc2c1CCNCC2.Cl. The van der Waals surface area contributed by atoms with E-state index in [1.807, 2.05) is 11.3 Å². The van der Waals surface area contributed by atoms with Gasteiger partial charge in [-0.2, -0.15) is 0 Å². The number of hydrogen-bond donors (Lipinski definition) is 1. The molecule has 31 heavy (non-hydrogen) atoms. The van der Waals surface area contributed by atoms with E-state index in [1.54, 1.807) is 0 Å². The number of fused-ring (bicyclic) bond motifs is 2. The maximum Gasteiger partial charge on any atom is 0.0941 e. The molecule has 3 aromatic rings. The second-order valence-corrected chi connectivity index (χ2v) is 10.3. The molecule has 1 fully saturated rings. The molecule has 2 aliphatic rings. The lowest BCUT2D eigenvalue weighted by atomic mass is 9.87. The summed E-state index contributed by atoms with van der Waals surface area (Å²) in [6.45, 7) is 2.04. The molecule has 0 radical (unpaired) electrons. The zero-order valence-electron chi connectivity index (χ0n) is 18.1. The number of aromatic nitrogens is 1. The maximum atomic E-state index is 6.72. The van der Waals surface area contributed by atoms with E-state index in [9.17, 15) is 0 Å². The Bertz CT molecular complexity index is 1040. The third kappa shape index (κ3) is 4.88. The Balaban J connectivity index is 0.00000231. The summed E-state index contributed by atoms with van der Waals surface area (Å²) in [6.07, 6.45) is 10.2. The van der Waals surface area contributed by atoms with Crippen molar-refractivity contribution in [1.82, 2.24) is 10.3 Å². The van der Waals surface area contributed by atoms with E-state index in [1.165, 1.54) is 58.6 Å². The number of hydrogen-bond acceptors (Lipinski definition) is 4. The number of anilines is 2. The third-order valence-corrected chi connectivity index (χ3v) is 8.13.